The van der Waals surface area contributed by atoms with E-state index in [1.165, 1.54) is 6.42 Å². The van der Waals surface area contributed by atoms with Gasteiger partial charge >= 0.3 is 5.97 Å². The highest BCUT2D eigenvalue weighted by Gasteiger charge is 2.35. The molecule has 0 bridgehead atoms. The van der Waals surface area contributed by atoms with E-state index in [0.717, 1.165) is 38.8 Å². The molecule has 0 atom stereocenters. The Morgan fingerprint density at radius 2 is 2.00 bits per heavy atom. The van der Waals surface area contributed by atoms with Gasteiger partial charge in [-0.3, -0.25) is 4.79 Å². The molecule has 3 heteroatoms. The molecule has 0 spiro atoms. The molecule has 1 fully saturated rings. The molecule has 0 unspecified atom stereocenters. The Morgan fingerprint density at radius 3 is 2.60 bits per heavy atom. The lowest BCUT2D eigenvalue weighted by Gasteiger charge is -2.31. The molecule has 15 heavy (non-hydrogen) atoms. The van der Waals surface area contributed by atoms with E-state index in [9.17, 15) is 4.79 Å². The third-order valence-corrected chi connectivity index (χ3v) is 3.18. The smallest absolute Gasteiger partial charge is 0.311 e. The lowest BCUT2D eigenvalue weighted by atomic mass is 9.81. The quantitative estimate of drug-likeness (QED) is 0.561. The fourth-order valence-corrected chi connectivity index (χ4v) is 1.87. The van der Waals surface area contributed by atoms with Crippen LogP contribution < -0.4 is 5.32 Å². The van der Waals surface area contributed by atoms with Gasteiger partial charge in [0.2, 0.25) is 0 Å². The summed E-state index contributed by atoms with van der Waals surface area (Å²) in [5, 5.41) is 3.26. The Balaban J connectivity index is 2.25. The second-order valence-corrected chi connectivity index (χ2v) is 4.65. The van der Waals surface area contributed by atoms with Crippen molar-refractivity contribution < 1.29 is 9.53 Å². The zero-order chi connectivity index (χ0) is 11.1. The Hall–Kier alpha value is -0.570. The van der Waals surface area contributed by atoms with Crippen LogP contribution in [0.4, 0.5) is 0 Å². The van der Waals surface area contributed by atoms with E-state index in [1.54, 1.807) is 0 Å². The van der Waals surface area contributed by atoms with Crippen LogP contribution in [0.15, 0.2) is 0 Å². The summed E-state index contributed by atoms with van der Waals surface area (Å²) in [4.78, 5) is 11.8. The molecule has 1 N–H and O–H groups in total. The minimum atomic E-state index is -0.239. The van der Waals surface area contributed by atoms with Gasteiger partial charge in [0.05, 0.1) is 12.0 Å². The number of piperidine rings is 1. The maximum absolute atomic E-state index is 11.8. The van der Waals surface area contributed by atoms with E-state index < -0.39 is 0 Å². The second kappa shape index (κ2) is 6.11. The standard InChI is InChI=1S/C12H23NO2/c1-3-4-5-10-15-11(14)12(2)6-8-13-9-7-12/h13H,3-10H2,1-2H3. The summed E-state index contributed by atoms with van der Waals surface area (Å²) in [5.74, 6) is 0.0000954. The molecule has 0 aromatic heterocycles. The summed E-state index contributed by atoms with van der Waals surface area (Å²) in [6.07, 6.45) is 5.11. The monoisotopic (exact) mass is 213 g/mol. The van der Waals surface area contributed by atoms with Crippen LogP contribution >= 0.6 is 0 Å². The van der Waals surface area contributed by atoms with Gasteiger partial charge in [-0.2, -0.15) is 0 Å². The summed E-state index contributed by atoms with van der Waals surface area (Å²) >= 11 is 0. The van der Waals surface area contributed by atoms with Crippen molar-refractivity contribution in [1.29, 1.82) is 0 Å². The van der Waals surface area contributed by atoms with Gasteiger partial charge in [0, 0.05) is 0 Å². The predicted molar refractivity (Wildman–Crippen MR) is 60.7 cm³/mol. The maximum atomic E-state index is 11.8. The van der Waals surface area contributed by atoms with Crippen LogP contribution in [0.3, 0.4) is 0 Å². The average Bonchev–Trinajstić information content (AvgIpc) is 2.25. The van der Waals surface area contributed by atoms with E-state index in [0.29, 0.717) is 6.61 Å². The minimum absolute atomic E-state index is 0.0000954. The van der Waals surface area contributed by atoms with Gasteiger partial charge in [-0.15, -0.1) is 0 Å². The fraction of sp³-hybridized carbons (Fsp3) is 0.917. The summed E-state index contributed by atoms with van der Waals surface area (Å²) < 4.78 is 5.32. The minimum Gasteiger partial charge on any atom is -0.465 e. The van der Waals surface area contributed by atoms with Crippen LogP contribution in [-0.4, -0.2) is 25.7 Å². The molecule has 1 aliphatic heterocycles. The fourth-order valence-electron chi connectivity index (χ4n) is 1.87. The van der Waals surface area contributed by atoms with Crippen molar-refractivity contribution in [3.63, 3.8) is 0 Å². The number of hydrogen-bond donors (Lipinski definition) is 1. The SMILES string of the molecule is CCCCCOC(=O)C1(C)CCNCC1. The lowest BCUT2D eigenvalue weighted by Crippen LogP contribution is -2.41. The Morgan fingerprint density at radius 1 is 1.33 bits per heavy atom. The van der Waals surface area contributed by atoms with Crippen LogP contribution in [0.25, 0.3) is 0 Å². The van der Waals surface area contributed by atoms with E-state index >= 15 is 0 Å². The van der Waals surface area contributed by atoms with Crippen molar-refractivity contribution in [3.8, 4) is 0 Å². The topological polar surface area (TPSA) is 38.3 Å². The largest absolute Gasteiger partial charge is 0.465 e. The van der Waals surface area contributed by atoms with Gasteiger partial charge in [-0.05, 0) is 39.3 Å². The highest BCUT2D eigenvalue weighted by Crippen LogP contribution is 2.29. The molecule has 0 aromatic carbocycles. The molecular weight excluding hydrogens is 190 g/mol. The first-order chi connectivity index (χ1) is 7.19. The number of unbranched alkanes of at least 4 members (excludes halogenated alkanes) is 2. The van der Waals surface area contributed by atoms with Gasteiger partial charge in [0.1, 0.15) is 0 Å². The van der Waals surface area contributed by atoms with E-state index in [2.05, 4.69) is 12.2 Å². The van der Waals surface area contributed by atoms with Gasteiger partial charge < -0.3 is 10.1 Å². The van der Waals surface area contributed by atoms with Gasteiger partial charge in [-0.25, -0.2) is 0 Å². The number of carbonyl (C=O) groups excluding carboxylic acids is 1. The second-order valence-electron chi connectivity index (χ2n) is 4.65. The van der Waals surface area contributed by atoms with Crippen molar-refractivity contribution in [1.82, 2.24) is 5.32 Å². The summed E-state index contributed by atoms with van der Waals surface area (Å²) in [5.41, 5.74) is -0.239. The number of hydrogen-bond acceptors (Lipinski definition) is 3. The lowest BCUT2D eigenvalue weighted by molar-refractivity contribution is -0.156. The zero-order valence-corrected chi connectivity index (χ0v) is 9.97. The van der Waals surface area contributed by atoms with E-state index in [-0.39, 0.29) is 11.4 Å². The molecule has 0 aliphatic carbocycles. The first-order valence-electron chi connectivity index (χ1n) is 6.07. The van der Waals surface area contributed by atoms with Gasteiger partial charge in [-0.1, -0.05) is 19.8 Å². The molecule has 1 saturated heterocycles. The number of nitrogens with one attached hydrogen (secondary N) is 1. The first-order valence-corrected chi connectivity index (χ1v) is 6.07. The third-order valence-electron chi connectivity index (χ3n) is 3.18. The van der Waals surface area contributed by atoms with Crippen molar-refractivity contribution in [3.05, 3.63) is 0 Å². The normalized spacial score (nSPS) is 19.9. The maximum Gasteiger partial charge on any atom is 0.311 e. The summed E-state index contributed by atoms with van der Waals surface area (Å²) in [6.45, 7) is 6.63. The molecular formula is C12H23NO2. The first kappa shape index (κ1) is 12.5. The number of ether oxygens (including phenoxy) is 1. The molecule has 0 amide bonds. The van der Waals surface area contributed by atoms with Crippen LogP contribution in [0.5, 0.6) is 0 Å². The number of rotatable bonds is 5. The average molecular weight is 213 g/mol. The molecule has 1 heterocycles. The number of carbonyl (C=O) groups is 1. The Kier molecular flexibility index (Phi) is 5.09. The van der Waals surface area contributed by atoms with Crippen LogP contribution in [0.1, 0.15) is 46.0 Å². The van der Waals surface area contributed by atoms with Crippen LogP contribution in [-0.2, 0) is 9.53 Å². The van der Waals surface area contributed by atoms with Crippen molar-refractivity contribution in [2.24, 2.45) is 5.41 Å². The van der Waals surface area contributed by atoms with E-state index in [1.807, 2.05) is 6.92 Å². The van der Waals surface area contributed by atoms with Crippen LogP contribution in [0.2, 0.25) is 0 Å². The number of esters is 1. The summed E-state index contributed by atoms with van der Waals surface area (Å²) in [7, 11) is 0. The highest BCUT2D eigenvalue weighted by molar-refractivity contribution is 5.76. The van der Waals surface area contributed by atoms with Crippen molar-refractivity contribution >= 4 is 5.97 Å². The molecule has 88 valence electrons. The molecule has 3 nitrogen and oxygen atoms in total. The predicted octanol–water partition coefficient (Wildman–Crippen LogP) is 2.11. The van der Waals surface area contributed by atoms with Crippen molar-refractivity contribution in [2.75, 3.05) is 19.7 Å². The zero-order valence-electron chi connectivity index (χ0n) is 9.97. The molecule has 1 rings (SSSR count). The van der Waals surface area contributed by atoms with E-state index in [4.69, 9.17) is 4.74 Å². The molecule has 0 saturated carbocycles. The Labute approximate surface area is 92.6 Å². The molecule has 1 aliphatic rings. The summed E-state index contributed by atoms with van der Waals surface area (Å²) in [6, 6.07) is 0. The highest BCUT2D eigenvalue weighted by atomic mass is 16.5. The third kappa shape index (κ3) is 3.82. The van der Waals surface area contributed by atoms with Crippen LogP contribution in [0, 0.1) is 5.41 Å². The Bertz CT molecular complexity index is 198. The van der Waals surface area contributed by atoms with Crippen molar-refractivity contribution in [2.45, 2.75) is 46.0 Å². The molecule has 0 radical (unpaired) electrons. The van der Waals surface area contributed by atoms with Gasteiger partial charge in [0.15, 0.2) is 0 Å². The molecule has 0 aromatic rings. The van der Waals surface area contributed by atoms with Gasteiger partial charge in [0.25, 0.3) is 0 Å².